The van der Waals surface area contributed by atoms with Gasteiger partial charge in [-0.3, -0.25) is 14.6 Å². The van der Waals surface area contributed by atoms with Gasteiger partial charge in [-0.05, 0) is 31.0 Å². The molecule has 1 aromatic carbocycles. The fourth-order valence-corrected chi connectivity index (χ4v) is 3.14. The number of benzene rings is 1. The lowest BCUT2D eigenvalue weighted by Gasteiger charge is -2.19. The number of halogens is 1. The number of carbonyl (C=O) groups is 2. The molecule has 1 fully saturated rings. The smallest absolute Gasteiger partial charge is 0.270 e. The van der Waals surface area contributed by atoms with E-state index in [2.05, 4.69) is 10.3 Å². The van der Waals surface area contributed by atoms with Crippen LogP contribution in [0.2, 0.25) is 5.02 Å². The number of carbonyl (C=O) groups excluding carboxylic acids is 2. The highest BCUT2D eigenvalue weighted by Crippen LogP contribution is 2.23. The molecule has 0 spiro atoms. The molecule has 6 nitrogen and oxygen atoms in total. The molecule has 0 radical (unpaired) electrons. The lowest BCUT2D eigenvalue weighted by Crippen LogP contribution is -2.26. The molecule has 3 rings (SSSR count). The van der Waals surface area contributed by atoms with E-state index < -0.39 is 0 Å². The van der Waals surface area contributed by atoms with Crippen LogP contribution in [-0.2, 0) is 11.3 Å². The topological polar surface area (TPSA) is 71.5 Å². The van der Waals surface area contributed by atoms with Crippen molar-refractivity contribution < 1.29 is 14.3 Å². The first-order valence-electron chi connectivity index (χ1n) is 9.32. The predicted octanol–water partition coefficient (Wildman–Crippen LogP) is 3.36. The van der Waals surface area contributed by atoms with Crippen molar-refractivity contribution in [2.24, 2.45) is 0 Å². The first-order chi connectivity index (χ1) is 13.4. The minimum Gasteiger partial charge on any atom is -0.490 e. The number of likely N-dealkylation sites (tertiary alicyclic amines) is 1. The molecule has 1 atom stereocenters. The Morgan fingerprint density at radius 1 is 1.32 bits per heavy atom. The van der Waals surface area contributed by atoms with Gasteiger partial charge in [0.15, 0.2) is 0 Å². The highest BCUT2D eigenvalue weighted by Gasteiger charge is 2.22. The van der Waals surface area contributed by atoms with Gasteiger partial charge >= 0.3 is 0 Å². The van der Waals surface area contributed by atoms with Gasteiger partial charge in [0.25, 0.3) is 5.91 Å². The summed E-state index contributed by atoms with van der Waals surface area (Å²) in [5, 5.41) is 3.51. The minimum atomic E-state index is -0.268. The molecule has 1 aliphatic heterocycles. The molecule has 1 aromatic heterocycles. The SMILES string of the molecule is Cc1cnc(C(=O)NCc2ccc(Cl)cc2)cc1OC1CCC(=O)N(C)CC1. The monoisotopic (exact) mass is 401 g/mol. The first kappa shape index (κ1) is 20.1. The molecule has 0 saturated carbocycles. The summed E-state index contributed by atoms with van der Waals surface area (Å²) in [6.45, 7) is 2.95. The number of aromatic nitrogens is 1. The molecule has 1 N–H and O–H groups in total. The number of nitrogens with zero attached hydrogens (tertiary/aromatic N) is 2. The second kappa shape index (κ2) is 9.06. The van der Waals surface area contributed by atoms with Crippen LogP contribution in [-0.4, -0.2) is 41.4 Å². The summed E-state index contributed by atoms with van der Waals surface area (Å²) >= 11 is 5.88. The Bertz CT molecular complexity index is 854. The van der Waals surface area contributed by atoms with E-state index in [1.807, 2.05) is 26.1 Å². The van der Waals surface area contributed by atoms with Crippen LogP contribution in [0.3, 0.4) is 0 Å². The van der Waals surface area contributed by atoms with Gasteiger partial charge in [-0.2, -0.15) is 0 Å². The first-order valence-corrected chi connectivity index (χ1v) is 9.70. The van der Waals surface area contributed by atoms with E-state index in [1.54, 1.807) is 29.3 Å². The maximum atomic E-state index is 12.5. The van der Waals surface area contributed by atoms with Crippen molar-refractivity contribution >= 4 is 23.4 Å². The number of amides is 2. The van der Waals surface area contributed by atoms with Gasteiger partial charge in [-0.25, -0.2) is 0 Å². The van der Waals surface area contributed by atoms with E-state index in [0.717, 1.165) is 17.5 Å². The van der Waals surface area contributed by atoms with Gasteiger partial charge in [0.05, 0.1) is 0 Å². The average molecular weight is 402 g/mol. The molecule has 2 amide bonds. The molecule has 28 heavy (non-hydrogen) atoms. The number of hydrogen-bond acceptors (Lipinski definition) is 4. The zero-order chi connectivity index (χ0) is 20.1. The largest absolute Gasteiger partial charge is 0.490 e. The van der Waals surface area contributed by atoms with E-state index in [4.69, 9.17) is 16.3 Å². The fraction of sp³-hybridized carbons (Fsp3) is 0.381. The lowest BCUT2D eigenvalue weighted by molar-refractivity contribution is -0.129. The quantitative estimate of drug-likeness (QED) is 0.833. The fourth-order valence-electron chi connectivity index (χ4n) is 3.01. The Morgan fingerprint density at radius 3 is 2.82 bits per heavy atom. The predicted molar refractivity (Wildman–Crippen MR) is 108 cm³/mol. The molecular weight excluding hydrogens is 378 g/mol. The van der Waals surface area contributed by atoms with Crippen molar-refractivity contribution in [3.05, 3.63) is 58.4 Å². The maximum Gasteiger partial charge on any atom is 0.270 e. The highest BCUT2D eigenvalue weighted by atomic mass is 35.5. The van der Waals surface area contributed by atoms with Gasteiger partial charge in [-0.1, -0.05) is 23.7 Å². The van der Waals surface area contributed by atoms with Crippen LogP contribution in [0.1, 0.15) is 40.9 Å². The van der Waals surface area contributed by atoms with Gasteiger partial charge in [0, 0.05) is 55.8 Å². The van der Waals surface area contributed by atoms with Crippen LogP contribution in [0.4, 0.5) is 0 Å². The molecule has 1 aliphatic rings. The number of rotatable bonds is 5. The third kappa shape index (κ3) is 5.23. The molecule has 0 bridgehead atoms. The molecule has 148 valence electrons. The number of hydrogen-bond donors (Lipinski definition) is 1. The summed E-state index contributed by atoms with van der Waals surface area (Å²) in [5.41, 5.74) is 2.11. The molecule has 2 heterocycles. The molecule has 1 saturated heterocycles. The van der Waals surface area contributed by atoms with Crippen LogP contribution in [0, 0.1) is 6.92 Å². The second-order valence-corrected chi connectivity index (χ2v) is 7.46. The van der Waals surface area contributed by atoms with E-state index >= 15 is 0 Å². The van der Waals surface area contributed by atoms with Crippen LogP contribution in [0.25, 0.3) is 0 Å². The molecule has 2 aromatic rings. The van der Waals surface area contributed by atoms with Crippen LogP contribution < -0.4 is 10.1 Å². The van der Waals surface area contributed by atoms with Crippen molar-refractivity contribution in [3.8, 4) is 5.75 Å². The third-order valence-electron chi connectivity index (χ3n) is 4.84. The molecule has 0 aliphatic carbocycles. The normalized spacial score (nSPS) is 17.2. The number of nitrogens with one attached hydrogen (secondary N) is 1. The lowest BCUT2D eigenvalue weighted by atomic mass is 10.1. The summed E-state index contributed by atoms with van der Waals surface area (Å²) in [4.78, 5) is 30.3. The van der Waals surface area contributed by atoms with Crippen molar-refractivity contribution in [2.75, 3.05) is 13.6 Å². The maximum absolute atomic E-state index is 12.5. The Balaban J connectivity index is 1.64. The van der Waals surface area contributed by atoms with Crippen LogP contribution in [0.15, 0.2) is 36.5 Å². The molecule has 7 heteroatoms. The summed E-state index contributed by atoms with van der Waals surface area (Å²) in [7, 11) is 1.81. The third-order valence-corrected chi connectivity index (χ3v) is 5.09. The van der Waals surface area contributed by atoms with Crippen molar-refractivity contribution in [3.63, 3.8) is 0 Å². The molecule has 1 unspecified atom stereocenters. The Kier molecular flexibility index (Phi) is 6.52. The van der Waals surface area contributed by atoms with Gasteiger partial charge in [0.1, 0.15) is 17.5 Å². The Morgan fingerprint density at radius 2 is 2.07 bits per heavy atom. The van der Waals surface area contributed by atoms with E-state index in [0.29, 0.717) is 42.4 Å². The van der Waals surface area contributed by atoms with Gasteiger partial charge < -0.3 is 15.0 Å². The summed E-state index contributed by atoms with van der Waals surface area (Å²) in [6, 6.07) is 8.97. The zero-order valence-electron chi connectivity index (χ0n) is 16.1. The minimum absolute atomic E-state index is 0.0556. The van der Waals surface area contributed by atoms with E-state index in [9.17, 15) is 9.59 Å². The van der Waals surface area contributed by atoms with E-state index in [-0.39, 0.29) is 17.9 Å². The van der Waals surface area contributed by atoms with E-state index in [1.165, 1.54) is 0 Å². The summed E-state index contributed by atoms with van der Waals surface area (Å²) < 4.78 is 6.12. The van der Waals surface area contributed by atoms with Crippen LogP contribution >= 0.6 is 11.6 Å². The number of ether oxygens (including phenoxy) is 1. The molecular formula is C21H24ClN3O3. The van der Waals surface area contributed by atoms with Crippen molar-refractivity contribution in [2.45, 2.75) is 38.8 Å². The van der Waals surface area contributed by atoms with Gasteiger partial charge in [0.2, 0.25) is 5.91 Å². The van der Waals surface area contributed by atoms with Crippen molar-refractivity contribution in [1.82, 2.24) is 15.2 Å². The zero-order valence-corrected chi connectivity index (χ0v) is 16.8. The van der Waals surface area contributed by atoms with Gasteiger partial charge in [-0.15, -0.1) is 0 Å². The average Bonchev–Trinajstić information content (AvgIpc) is 2.85. The summed E-state index contributed by atoms with van der Waals surface area (Å²) in [6.07, 6.45) is 3.49. The second-order valence-electron chi connectivity index (χ2n) is 7.03. The number of pyridine rings is 1. The van der Waals surface area contributed by atoms with Crippen LogP contribution in [0.5, 0.6) is 5.75 Å². The standard InChI is InChI=1S/C21H24ClN3O3/c1-14-12-23-18(21(27)24-13-15-3-5-16(22)6-4-15)11-19(14)28-17-7-8-20(26)25(2)10-9-17/h3-6,11-12,17H,7-10,13H2,1-2H3,(H,24,27). The Hall–Kier alpha value is -2.60. The highest BCUT2D eigenvalue weighted by molar-refractivity contribution is 6.30. The number of aryl methyl sites for hydroxylation is 1. The Labute approximate surface area is 169 Å². The van der Waals surface area contributed by atoms with Crippen molar-refractivity contribution in [1.29, 1.82) is 0 Å². The summed E-state index contributed by atoms with van der Waals surface area (Å²) in [5.74, 6) is 0.504.